The Morgan fingerprint density at radius 3 is 2.69 bits per heavy atom. The van der Waals surface area contributed by atoms with E-state index in [4.69, 9.17) is 4.74 Å². The van der Waals surface area contributed by atoms with Crippen LogP contribution in [0.2, 0.25) is 0 Å². The second-order valence-electron chi connectivity index (χ2n) is 8.87. The smallest absolute Gasteiger partial charge is 0.253 e. The second kappa shape index (κ2) is 11.7. The van der Waals surface area contributed by atoms with Crippen molar-refractivity contribution in [3.8, 4) is 17.6 Å². The maximum Gasteiger partial charge on any atom is 0.253 e. The molecule has 2 heterocycles. The molecular formula is C26H33N3O5S. The predicted molar refractivity (Wildman–Crippen MR) is 133 cm³/mol. The van der Waals surface area contributed by atoms with Crippen LogP contribution in [0.5, 0.6) is 5.75 Å². The number of pyridine rings is 1. The Kier molecular flexibility index (Phi) is 8.89. The van der Waals surface area contributed by atoms with Crippen LogP contribution >= 0.6 is 0 Å². The number of ether oxygens (including phenoxy) is 1. The summed E-state index contributed by atoms with van der Waals surface area (Å²) in [5.41, 5.74) is 1.16. The number of rotatable bonds is 6. The van der Waals surface area contributed by atoms with E-state index in [2.05, 4.69) is 16.8 Å². The Labute approximate surface area is 208 Å². The fourth-order valence-electron chi connectivity index (χ4n) is 3.88. The largest absolute Gasteiger partial charge is 0.487 e. The summed E-state index contributed by atoms with van der Waals surface area (Å²) in [6.45, 7) is 5.67. The summed E-state index contributed by atoms with van der Waals surface area (Å²) < 4.78 is 34.7. The van der Waals surface area contributed by atoms with Crippen molar-refractivity contribution in [2.75, 3.05) is 26.7 Å². The molecule has 0 fully saturated rings. The van der Waals surface area contributed by atoms with Gasteiger partial charge in [-0.25, -0.2) is 8.42 Å². The average Bonchev–Trinajstić information content (AvgIpc) is 2.85. The number of amides is 1. The van der Waals surface area contributed by atoms with Gasteiger partial charge in [-0.05, 0) is 43.7 Å². The molecule has 0 unspecified atom stereocenters. The Bertz CT molecular complexity index is 1190. The lowest BCUT2D eigenvalue weighted by molar-refractivity contribution is 0.0563. The summed E-state index contributed by atoms with van der Waals surface area (Å²) in [6, 6.07) is 7.51. The molecule has 0 bridgehead atoms. The number of fused-ring (bicyclic) bond motifs is 1. The minimum atomic E-state index is -3.93. The minimum Gasteiger partial charge on any atom is -0.487 e. The van der Waals surface area contributed by atoms with Gasteiger partial charge in [0.2, 0.25) is 10.0 Å². The lowest BCUT2D eigenvalue weighted by Gasteiger charge is -2.37. The minimum absolute atomic E-state index is 0.0267. The van der Waals surface area contributed by atoms with E-state index in [1.807, 2.05) is 13.8 Å². The van der Waals surface area contributed by atoms with Gasteiger partial charge in [-0.15, -0.1) is 0 Å². The number of unbranched alkanes of at least 4 members (excludes halogenated alkanes) is 1. The molecule has 1 aliphatic rings. The highest BCUT2D eigenvalue weighted by Crippen LogP contribution is 2.34. The van der Waals surface area contributed by atoms with Gasteiger partial charge in [0.25, 0.3) is 5.91 Å². The molecule has 35 heavy (non-hydrogen) atoms. The monoisotopic (exact) mass is 499 g/mol. The van der Waals surface area contributed by atoms with Gasteiger partial charge < -0.3 is 14.7 Å². The second-order valence-corrected chi connectivity index (χ2v) is 10.7. The molecule has 3 atom stereocenters. The van der Waals surface area contributed by atoms with Crippen LogP contribution in [0.1, 0.15) is 49.5 Å². The molecule has 1 aromatic heterocycles. The van der Waals surface area contributed by atoms with E-state index < -0.39 is 22.2 Å². The molecule has 1 aromatic carbocycles. The number of aliphatic hydroxyl groups excluding tert-OH is 1. The summed E-state index contributed by atoms with van der Waals surface area (Å²) in [6.07, 6.45) is 4.29. The van der Waals surface area contributed by atoms with Crippen LogP contribution in [0, 0.1) is 17.8 Å². The van der Waals surface area contributed by atoms with E-state index in [-0.39, 0.29) is 42.2 Å². The van der Waals surface area contributed by atoms with Gasteiger partial charge in [-0.3, -0.25) is 9.78 Å². The highest BCUT2D eigenvalue weighted by atomic mass is 32.2. The molecule has 1 amide bonds. The van der Waals surface area contributed by atoms with Crippen LogP contribution in [-0.2, 0) is 10.0 Å². The quantitative estimate of drug-likeness (QED) is 0.614. The number of carbonyl (C=O) groups excluding carboxylic acids is 1. The van der Waals surface area contributed by atoms with Crippen LogP contribution in [0.15, 0.2) is 47.6 Å². The number of aromatic nitrogens is 1. The topological polar surface area (TPSA) is 100 Å². The third kappa shape index (κ3) is 6.20. The van der Waals surface area contributed by atoms with Crippen LogP contribution in [-0.4, -0.2) is 72.5 Å². The number of carbonyl (C=O) groups is 1. The zero-order valence-electron chi connectivity index (χ0n) is 20.6. The van der Waals surface area contributed by atoms with Crippen LogP contribution in [0.4, 0.5) is 0 Å². The summed E-state index contributed by atoms with van der Waals surface area (Å²) in [5.74, 6) is 5.88. The van der Waals surface area contributed by atoms with Gasteiger partial charge in [0.15, 0.2) is 0 Å². The molecule has 188 valence electrons. The predicted octanol–water partition coefficient (Wildman–Crippen LogP) is 2.77. The van der Waals surface area contributed by atoms with Crippen molar-refractivity contribution in [1.82, 2.24) is 14.2 Å². The van der Waals surface area contributed by atoms with Crippen molar-refractivity contribution < 1.29 is 23.1 Å². The van der Waals surface area contributed by atoms with Crippen molar-refractivity contribution >= 4 is 15.9 Å². The lowest BCUT2D eigenvalue weighted by atomic mass is 10.0. The van der Waals surface area contributed by atoms with Gasteiger partial charge in [0.05, 0.1) is 13.2 Å². The first-order valence-corrected chi connectivity index (χ1v) is 13.2. The Morgan fingerprint density at radius 1 is 1.31 bits per heavy atom. The van der Waals surface area contributed by atoms with Crippen LogP contribution in [0.25, 0.3) is 0 Å². The summed E-state index contributed by atoms with van der Waals surface area (Å²) in [5, 5.41) is 9.78. The summed E-state index contributed by atoms with van der Waals surface area (Å²) in [7, 11) is -2.24. The number of hydrogen-bond donors (Lipinski definition) is 1. The fourth-order valence-corrected chi connectivity index (χ4v) is 5.70. The van der Waals surface area contributed by atoms with E-state index in [0.29, 0.717) is 11.1 Å². The third-order valence-corrected chi connectivity index (χ3v) is 8.02. The van der Waals surface area contributed by atoms with E-state index in [1.165, 1.54) is 10.4 Å². The number of sulfonamides is 1. The number of aliphatic hydroxyl groups is 1. The Balaban J connectivity index is 2.01. The van der Waals surface area contributed by atoms with E-state index in [0.717, 1.165) is 12.8 Å². The molecule has 2 aromatic rings. The maximum atomic E-state index is 13.5. The molecule has 0 saturated carbocycles. The zero-order valence-corrected chi connectivity index (χ0v) is 21.5. The Morgan fingerprint density at radius 2 is 2.03 bits per heavy atom. The molecule has 1 N–H and O–H groups in total. The first-order valence-electron chi connectivity index (χ1n) is 11.8. The molecule has 0 aliphatic carbocycles. The van der Waals surface area contributed by atoms with Crippen molar-refractivity contribution in [1.29, 1.82) is 0 Å². The summed E-state index contributed by atoms with van der Waals surface area (Å²) >= 11 is 0. The van der Waals surface area contributed by atoms with Crippen LogP contribution in [0.3, 0.4) is 0 Å². The van der Waals surface area contributed by atoms with Crippen molar-refractivity contribution in [3.05, 3.63) is 53.9 Å². The number of nitrogens with zero attached hydrogens (tertiary/aromatic N) is 3. The highest BCUT2D eigenvalue weighted by Gasteiger charge is 2.38. The van der Waals surface area contributed by atoms with Crippen molar-refractivity contribution in [2.45, 2.75) is 50.7 Å². The first kappa shape index (κ1) is 26.7. The first-order chi connectivity index (χ1) is 16.7. The van der Waals surface area contributed by atoms with E-state index >= 15 is 0 Å². The average molecular weight is 500 g/mol. The van der Waals surface area contributed by atoms with E-state index in [9.17, 15) is 18.3 Å². The van der Waals surface area contributed by atoms with Gasteiger partial charge in [-0.1, -0.05) is 25.7 Å². The third-order valence-electron chi connectivity index (χ3n) is 6.00. The standard InChI is InChI=1S/C26H33N3O5S/c1-5-6-7-8-21-9-10-25-23(15-21)34-24(17-28(4)26(31)22-11-13-27-14-12-22)19(2)16-29(20(3)18-30)35(25,32)33/h9-15,19-20,24,30H,5-6,16-18H2,1-4H3/t19-,20-,24+/m0/s1. The normalized spacial score (nSPS) is 20.3. The van der Waals surface area contributed by atoms with E-state index in [1.54, 1.807) is 55.5 Å². The molecule has 9 heteroatoms. The van der Waals surface area contributed by atoms with Crippen LogP contribution < -0.4 is 4.74 Å². The SMILES string of the molecule is CCCC#Cc1ccc2c(c1)O[C@H](CN(C)C(=O)c1ccncc1)[C@@H](C)CN([C@@H](C)CO)S2(=O)=O. The number of likely N-dealkylation sites (N-methyl/N-ethyl adjacent to an activating group) is 1. The zero-order chi connectivity index (χ0) is 25.6. The van der Waals surface area contributed by atoms with Gasteiger partial charge in [0.1, 0.15) is 16.7 Å². The molecule has 0 saturated heterocycles. The lowest BCUT2D eigenvalue weighted by Crippen LogP contribution is -2.50. The molecule has 0 spiro atoms. The fraction of sp³-hybridized carbons (Fsp3) is 0.462. The number of benzene rings is 1. The van der Waals surface area contributed by atoms with Crippen molar-refractivity contribution in [2.24, 2.45) is 5.92 Å². The van der Waals surface area contributed by atoms with Gasteiger partial charge >= 0.3 is 0 Å². The molecule has 0 radical (unpaired) electrons. The molecular weight excluding hydrogens is 466 g/mol. The van der Waals surface area contributed by atoms with Gasteiger partial charge in [0, 0.05) is 55.5 Å². The number of hydrogen-bond acceptors (Lipinski definition) is 6. The van der Waals surface area contributed by atoms with Crippen molar-refractivity contribution in [3.63, 3.8) is 0 Å². The molecule has 8 nitrogen and oxygen atoms in total. The molecule has 1 aliphatic heterocycles. The molecule has 3 rings (SSSR count). The maximum absolute atomic E-state index is 13.5. The Hall–Kier alpha value is -2.93. The summed E-state index contributed by atoms with van der Waals surface area (Å²) in [4.78, 5) is 18.5. The highest BCUT2D eigenvalue weighted by molar-refractivity contribution is 7.89. The van der Waals surface area contributed by atoms with Gasteiger partial charge in [-0.2, -0.15) is 4.31 Å².